The summed E-state index contributed by atoms with van der Waals surface area (Å²) < 4.78 is 19.6. The summed E-state index contributed by atoms with van der Waals surface area (Å²) in [6.07, 6.45) is 0.771. The van der Waals surface area contributed by atoms with Gasteiger partial charge in [0.25, 0.3) is 5.56 Å². The van der Waals surface area contributed by atoms with Crippen LogP contribution in [0.15, 0.2) is 35.1 Å². The molecule has 3 rings (SSSR count). The summed E-state index contributed by atoms with van der Waals surface area (Å²) in [5.41, 5.74) is 1.51. The number of hydrogen-bond donors (Lipinski definition) is 0. The van der Waals surface area contributed by atoms with Gasteiger partial charge in [-0.05, 0) is 24.1 Å². The van der Waals surface area contributed by atoms with Crippen LogP contribution < -0.4 is 5.56 Å². The molecule has 0 N–H and O–H groups in total. The number of benzene rings is 1. The van der Waals surface area contributed by atoms with Crippen LogP contribution in [0.5, 0.6) is 0 Å². The summed E-state index contributed by atoms with van der Waals surface area (Å²) >= 11 is 1.43. The van der Waals surface area contributed by atoms with Crippen molar-refractivity contribution in [1.82, 2.24) is 19.5 Å². The minimum absolute atomic E-state index is 0.172. The van der Waals surface area contributed by atoms with Gasteiger partial charge in [0.05, 0.1) is 12.3 Å². The van der Waals surface area contributed by atoms with Gasteiger partial charge in [-0.15, -0.1) is 0 Å². The fourth-order valence-corrected chi connectivity index (χ4v) is 3.49. The molecule has 0 aliphatic carbocycles. The van der Waals surface area contributed by atoms with Crippen LogP contribution in [0.2, 0.25) is 0 Å². The molecule has 0 atom stereocenters. The van der Waals surface area contributed by atoms with Crippen LogP contribution in [0.25, 0.3) is 4.96 Å². The molecule has 138 valence electrons. The summed E-state index contributed by atoms with van der Waals surface area (Å²) in [6, 6.07) is 7.94. The van der Waals surface area contributed by atoms with Crippen LogP contribution in [-0.2, 0) is 24.2 Å². The fourth-order valence-electron chi connectivity index (χ4n) is 2.63. The molecule has 0 bridgehead atoms. The van der Waals surface area contributed by atoms with Gasteiger partial charge in [0.2, 0.25) is 4.96 Å². The molecule has 0 fully saturated rings. The zero-order valence-corrected chi connectivity index (χ0v) is 15.6. The fraction of sp³-hybridized carbons (Fsp3) is 0.389. The third kappa shape index (κ3) is 4.51. The van der Waals surface area contributed by atoms with E-state index in [0.717, 1.165) is 17.0 Å². The van der Waals surface area contributed by atoms with Gasteiger partial charge in [-0.1, -0.05) is 30.4 Å². The molecule has 6 nitrogen and oxygen atoms in total. The summed E-state index contributed by atoms with van der Waals surface area (Å²) in [7, 11) is 1.65. The molecule has 1 aromatic carbocycles. The van der Waals surface area contributed by atoms with Gasteiger partial charge < -0.3 is 4.74 Å². The highest BCUT2D eigenvalue weighted by Crippen LogP contribution is 2.14. The Morgan fingerprint density at radius 3 is 2.73 bits per heavy atom. The van der Waals surface area contributed by atoms with Crippen molar-refractivity contribution < 1.29 is 9.13 Å². The molecule has 2 aromatic heterocycles. The van der Waals surface area contributed by atoms with E-state index in [-0.39, 0.29) is 11.4 Å². The number of hydrogen-bond acceptors (Lipinski definition) is 6. The van der Waals surface area contributed by atoms with Crippen molar-refractivity contribution in [2.75, 3.05) is 20.3 Å². The standard InChI is InChI=1S/C18H21FN4O2S/c1-3-16-21-23-17(24)10-15(20-18(23)26-16)12-22(8-9-25-2)11-13-4-6-14(19)7-5-13/h4-7,10H,3,8-9,11-12H2,1-2H3. The third-order valence-corrected chi connectivity index (χ3v) is 5.01. The highest BCUT2D eigenvalue weighted by atomic mass is 32.1. The van der Waals surface area contributed by atoms with E-state index in [1.807, 2.05) is 6.92 Å². The number of nitrogens with zero attached hydrogens (tertiary/aromatic N) is 4. The monoisotopic (exact) mass is 376 g/mol. The Hall–Kier alpha value is -2.16. The van der Waals surface area contributed by atoms with Gasteiger partial charge in [0.1, 0.15) is 10.8 Å². The van der Waals surface area contributed by atoms with Crippen molar-refractivity contribution in [3.8, 4) is 0 Å². The molecule has 0 radical (unpaired) electrons. The summed E-state index contributed by atoms with van der Waals surface area (Å²) in [5.74, 6) is -0.255. The molecular formula is C18H21FN4O2S. The lowest BCUT2D eigenvalue weighted by Crippen LogP contribution is -2.28. The molecule has 0 aliphatic heterocycles. The summed E-state index contributed by atoms with van der Waals surface area (Å²) in [4.78, 5) is 19.6. The lowest BCUT2D eigenvalue weighted by Gasteiger charge is -2.21. The molecule has 3 aromatic rings. The summed E-state index contributed by atoms with van der Waals surface area (Å²) in [5, 5.41) is 5.15. The molecule has 0 aliphatic rings. The minimum atomic E-state index is -0.255. The zero-order chi connectivity index (χ0) is 18.5. The smallest absolute Gasteiger partial charge is 0.275 e. The van der Waals surface area contributed by atoms with E-state index in [0.29, 0.717) is 36.9 Å². The van der Waals surface area contributed by atoms with Crippen LogP contribution in [0.3, 0.4) is 0 Å². The molecule has 2 heterocycles. The molecule has 0 saturated heterocycles. The number of rotatable bonds is 8. The molecule has 0 spiro atoms. The lowest BCUT2D eigenvalue weighted by atomic mass is 10.2. The molecule has 26 heavy (non-hydrogen) atoms. The summed E-state index contributed by atoms with van der Waals surface area (Å²) in [6.45, 7) is 4.36. The van der Waals surface area contributed by atoms with Crippen molar-refractivity contribution in [3.05, 3.63) is 62.8 Å². The van der Waals surface area contributed by atoms with Gasteiger partial charge in [-0.3, -0.25) is 9.69 Å². The van der Waals surface area contributed by atoms with Crippen LogP contribution in [0, 0.1) is 5.82 Å². The number of methoxy groups -OCH3 is 1. The number of aryl methyl sites for hydroxylation is 1. The van der Waals surface area contributed by atoms with Crippen molar-refractivity contribution in [2.24, 2.45) is 0 Å². The highest BCUT2D eigenvalue weighted by molar-refractivity contribution is 7.16. The number of fused-ring (bicyclic) bond motifs is 1. The van der Waals surface area contributed by atoms with E-state index in [4.69, 9.17) is 4.74 Å². The first-order valence-corrected chi connectivity index (χ1v) is 9.25. The Labute approximate surface area is 154 Å². The average molecular weight is 376 g/mol. The largest absolute Gasteiger partial charge is 0.383 e. The van der Waals surface area contributed by atoms with Gasteiger partial charge in [-0.25, -0.2) is 9.37 Å². The van der Waals surface area contributed by atoms with Crippen molar-refractivity contribution in [1.29, 1.82) is 0 Å². The number of ether oxygens (including phenoxy) is 1. The first-order chi connectivity index (χ1) is 12.6. The van der Waals surface area contributed by atoms with Crippen LogP contribution in [0.4, 0.5) is 4.39 Å². The lowest BCUT2D eigenvalue weighted by molar-refractivity contribution is 0.139. The maximum atomic E-state index is 13.1. The molecule has 0 saturated carbocycles. The predicted octanol–water partition coefficient (Wildman–Crippen LogP) is 2.50. The topological polar surface area (TPSA) is 59.7 Å². The quantitative estimate of drug-likeness (QED) is 0.605. The second-order valence-electron chi connectivity index (χ2n) is 5.96. The van der Waals surface area contributed by atoms with Crippen molar-refractivity contribution in [3.63, 3.8) is 0 Å². The molecular weight excluding hydrogens is 355 g/mol. The Morgan fingerprint density at radius 2 is 2.04 bits per heavy atom. The minimum Gasteiger partial charge on any atom is -0.383 e. The second kappa shape index (κ2) is 8.48. The van der Waals surface area contributed by atoms with E-state index in [2.05, 4.69) is 15.0 Å². The maximum Gasteiger partial charge on any atom is 0.275 e. The SMILES string of the molecule is CCc1nn2c(=O)cc(CN(CCOC)Cc3ccc(F)cc3)nc2s1. The van der Waals surface area contributed by atoms with Gasteiger partial charge in [0, 0.05) is 32.8 Å². The van der Waals surface area contributed by atoms with Crippen LogP contribution in [0.1, 0.15) is 23.2 Å². The van der Waals surface area contributed by atoms with E-state index in [1.54, 1.807) is 19.2 Å². The van der Waals surface area contributed by atoms with Crippen LogP contribution in [-0.4, -0.2) is 39.8 Å². The Bertz CT molecular complexity index is 923. The average Bonchev–Trinajstić information content (AvgIpc) is 3.05. The second-order valence-corrected chi connectivity index (χ2v) is 7.00. The Balaban J connectivity index is 1.82. The molecule has 8 heteroatoms. The van der Waals surface area contributed by atoms with Crippen molar-refractivity contribution in [2.45, 2.75) is 26.4 Å². The van der Waals surface area contributed by atoms with Gasteiger partial charge in [-0.2, -0.15) is 9.61 Å². The molecule has 0 unspecified atom stereocenters. The number of halogens is 1. The Morgan fingerprint density at radius 1 is 1.27 bits per heavy atom. The first-order valence-electron chi connectivity index (χ1n) is 8.43. The van der Waals surface area contributed by atoms with Crippen molar-refractivity contribution >= 4 is 16.3 Å². The predicted molar refractivity (Wildman–Crippen MR) is 98.9 cm³/mol. The zero-order valence-electron chi connectivity index (χ0n) is 14.8. The first kappa shape index (κ1) is 18.6. The van der Waals surface area contributed by atoms with E-state index >= 15 is 0 Å². The Kier molecular flexibility index (Phi) is 6.08. The van der Waals surface area contributed by atoms with E-state index in [9.17, 15) is 9.18 Å². The maximum absolute atomic E-state index is 13.1. The van der Waals surface area contributed by atoms with Crippen LogP contribution >= 0.6 is 11.3 Å². The molecule has 0 amide bonds. The van der Waals surface area contributed by atoms with Gasteiger partial charge in [0.15, 0.2) is 0 Å². The van der Waals surface area contributed by atoms with E-state index in [1.165, 1.54) is 34.1 Å². The van der Waals surface area contributed by atoms with Gasteiger partial charge >= 0.3 is 0 Å². The highest BCUT2D eigenvalue weighted by Gasteiger charge is 2.12. The normalized spacial score (nSPS) is 11.5. The third-order valence-electron chi connectivity index (χ3n) is 3.96. The van der Waals surface area contributed by atoms with E-state index < -0.39 is 0 Å². The number of aromatic nitrogens is 3.